The molecule has 2 aromatic carbocycles. The summed E-state index contributed by atoms with van der Waals surface area (Å²) in [7, 11) is -3.61. The molecule has 0 bridgehead atoms. The van der Waals surface area contributed by atoms with Gasteiger partial charge in [-0.2, -0.15) is 9.57 Å². The van der Waals surface area contributed by atoms with E-state index in [9.17, 15) is 18.0 Å². The third kappa shape index (κ3) is 4.27. The predicted molar refractivity (Wildman–Crippen MR) is 119 cm³/mol. The molecule has 1 saturated heterocycles. The Morgan fingerprint density at radius 2 is 1.69 bits per heavy atom. The number of benzene rings is 2. The fraction of sp³-hybridized carbons (Fsp3) is 0.227. The van der Waals surface area contributed by atoms with Gasteiger partial charge in [0, 0.05) is 37.2 Å². The number of rotatable bonds is 4. The molecule has 164 valence electrons. The molecule has 10 heteroatoms. The fourth-order valence-electron chi connectivity index (χ4n) is 3.61. The van der Waals surface area contributed by atoms with Crippen molar-refractivity contribution in [3.63, 3.8) is 0 Å². The van der Waals surface area contributed by atoms with Crippen molar-refractivity contribution in [2.45, 2.75) is 9.79 Å². The van der Waals surface area contributed by atoms with Gasteiger partial charge in [0.15, 0.2) is 0 Å². The summed E-state index contributed by atoms with van der Waals surface area (Å²) >= 11 is 1.27. The lowest BCUT2D eigenvalue weighted by atomic mass is 10.2. The molecule has 0 aliphatic carbocycles. The van der Waals surface area contributed by atoms with Gasteiger partial charge in [-0.15, -0.1) is 0 Å². The lowest BCUT2D eigenvalue weighted by Crippen LogP contribution is -2.53. The molecule has 1 fully saturated rings. The Hall–Kier alpha value is -3.13. The predicted octanol–water partition coefficient (Wildman–Crippen LogP) is 2.13. The van der Waals surface area contributed by atoms with Crippen LogP contribution in [0.1, 0.15) is 10.4 Å². The summed E-state index contributed by atoms with van der Waals surface area (Å²) in [6.07, 6.45) is 1.26. The Bertz CT molecular complexity index is 1210. The molecule has 8 nitrogen and oxygen atoms in total. The van der Waals surface area contributed by atoms with Gasteiger partial charge < -0.3 is 4.90 Å². The van der Waals surface area contributed by atoms with Gasteiger partial charge in [-0.05, 0) is 24.3 Å². The van der Waals surface area contributed by atoms with E-state index in [2.05, 4.69) is 0 Å². The molecule has 0 radical (unpaired) electrons. The summed E-state index contributed by atoms with van der Waals surface area (Å²) in [5, 5.41) is 9.52. The maximum absolute atomic E-state index is 13.0. The molecule has 0 atom stereocenters. The molecule has 32 heavy (non-hydrogen) atoms. The number of thioether (sulfide) groups is 1. The first-order chi connectivity index (χ1) is 15.4. The number of piperazine rings is 1. The summed E-state index contributed by atoms with van der Waals surface area (Å²) in [5.41, 5.74) is 0.485. The first-order valence-corrected chi connectivity index (χ1v) is 12.2. The lowest BCUT2D eigenvalue weighted by molar-refractivity contribution is -0.132. The second-order valence-electron chi connectivity index (χ2n) is 7.20. The lowest BCUT2D eigenvalue weighted by Gasteiger charge is -2.36. The van der Waals surface area contributed by atoms with E-state index >= 15 is 0 Å². The number of allylic oxidation sites excluding steroid dienone is 1. The molecule has 2 heterocycles. The van der Waals surface area contributed by atoms with Crippen LogP contribution in [0.4, 0.5) is 0 Å². The van der Waals surface area contributed by atoms with Crippen LogP contribution >= 0.6 is 11.8 Å². The molecular formula is C22H20N4O4S2. The van der Waals surface area contributed by atoms with Crippen molar-refractivity contribution in [2.75, 3.05) is 32.7 Å². The van der Waals surface area contributed by atoms with Crippen LogP contribution in [-0.2, 0) is 14.8 Å². The third-order valence-corrected chi connectivity index (χ3v) is 8.33. The smallest absolute Gasteiger partial charge is 0.260 e. The van der Waals surface area contributed by atoms with Gasteiger partial charge in [0.25, 0.3) is 5.91 Å². The Morgan fingerprint density at radius 1 is 1.03 bits per heavy atom. The second kappa shape index (κ2) is 9.16. The molecule has 0 unspecified atom stereocenters. The SMILES string of the molecule is N#CC=C1Sc2ccccc2C(=O)N1CC(=O)N1CCN(S(=O)(=O)c2ccccc2)CC1. The number of hydrogen-bond donors (Lipinski definition) is 0. The Balaban J connectivity index is 1.44. The molecule has 0 saturated carbocycles. The quantitative estimate of drug-likeness (QED) is 0.637. The van der Waals surface area contributed by atoms with E-state index in [0.29, 0.717) is 10.6 Å². The highest BCUT2D eigenvalue weighted by Crippen LogP contribution is 2.38. The molecule has 0 N–H and O–H groups in total. The zero-order valence-corrected chi connectivity index (χ0v) is 18.7. The summed E-state index contributed by atoms with van der Waals surface area (Å²) in [5.74, 6) is -0.626. The van der Waals surface area contributed by atoms with Gasteiger partial charge in [-0.3, -0.25) is 14.5 Å². The Labute approximate surface area is 190 Å². The zero-order chi connectivity index (χ0) is 22.7. The number of carbonyl (C=O) groups is 2. The molecule has 0 aromatic heterocycles. The summed E-state index contributed by atoms with van der Waals surface area (Å²) < 4.78 is 26.9. The van der Waals surface area contributed by atoms with Gasteiger partial charge >= 0.3 is 0 Å². The fourth-order valence-corrected chi connectivity index (χ4v) is 6.06. The average molecular weight is 469 g/mol. The minimum Gasteiger partial charge on any atom is -0.338 e. The highest BCUT2D eigenvalue weighted by molar-refractivity contribution is 8.03. The van der Waals surface area contributed by atoms with Crippen LogP contribution in [0.15, 0.2) is 75.5 Å². The zero-order valence-electron chi connectivity index (χ0n) is 17.0. The largest absolute Gasteiger partial charge is 0.338 e. The number of nitriles is 1. The minimum absolute atomic E-state index is 0.176. The molecule has 0 spiro atoms. The monoisotopic (exact) mass is 468 g/mol. The topological polar surface area (TPSA) is 102 Å². The highest BCUT2D eigenvalue weighted by Gasteiger charge is 2.34. The van der Waals surface area contributed by atoms with Crippen molar-refractivity contribution in [1.82, 2.24) is 14.1 Å². The van der Waals surface area contributed by atoms with E-state index in [-0.39, 0.29) is 49.4 Å². The second-order valence-corrected chi connectivity index (χ2v) is 10.2. The van der Waals surface area contributed by atoms with E-state index in [1.807, 2.05) is 12.1 Å². The number of hydrogen-bond acceptors (Lipinski definition) is 6. The number of nitrogens with zero attached hydrogens (tertiary/aromatic N) is 4. The van der Waals surface area contributed by atoms with Crippen molar-refractivity contribution in [3.8, 4) is 6.07 Å². The van der Waals surface area contributed by atoms with E-state index in [1.165, 1.54) is 27.0 Å². The van der Waals surface area contributed by atoms with Gasteiger partial charge in [0.1, 0.15) is 6.54 Å². The van der Waals surface area contributed by atoms with Crippen LogP contribution in [-0.4, -0.2) is 67.1 Å². The van der Waals surface area contributed by atoms with Crippen molar-refractivity contribution in [3.05, 3.63) is 71.3 Å². The van der Waals surface area contributed by atoms with E-state index in [4.69, 9.17) is 5.26 Å². The van der Waals surface area contributed by atoms with Crippen LogP contribution in [0.25, 0.3) is 0 Å². The van der Waals surface area contributed by atoms with Crippen molar-refractivity contribution >= 4 is 33.6 Å². The molecule has 2 aromatic rings. The Morgan fingerprint density at radius 3 is 2.38 bits per heavy atom. The van der Waals surface area contributed by atoms with Crippen molar-refractivity contribution in [1.29, 1.82) is 5.26 Å². The van der Waals surface area contributed by atoms with Gasteiger partial charge in [0.05, 0.1) is 21.6 Å². The highest BCUT2D eigenvalue weighted by atomic mass is 32.2. The third-order valence-electron chi connectivity index (χ3n) is 5.30. The summed E-state index contributed by atoms with van der Waals surface area (Å²) in [4.78, 5) is 29.7. The molecule has 2 amide bonds. The van der Waals surface area contributed by atoms with Gasteiger partial charge in [-0.1, -0.05) is 42.1 Å². The number of amides is 2. The average Bonchev–Trinajstić information content (AvgIpc) is 2.82. The molecular weight excluding hydrogens is 448 g/mol. The van der Waals surface area contributed by atoms with E-state index < -0.39 is 10.0 Å². The molecule has 4 rings (SSSR count). The Kier molecular flexibility index (Phi) is 6.32. The van der Waals surface area contributed by atoms with Crippen LogP contribution in [0.3, 0.4) is 0 Å². The number of sulfonamides is 1. The normalized spacial score (nSPS) is 18.3. The van der Waals surface area contributed by atoms with E-state index in [1.54, 1.807) is 53.4 Å². The standard InChI is InChI=1S/C22H20N4O4S2/c23-11-10-21-26(22(28)18-8-4-5-9-19(18)31-21)16-20(27)24-12-14-25(15-13-24)32(29,30)17-6-2-1-3-7-17/h1-10H,12-16H2. The first kappa shape index (κ1) is 22.1. The van der Waals surface area contributed by atoms with Crippen molar-refractivity contribution in [2.24, 2.45) is 0 Å². The molecule has 2 aliphatic rings. The van der Waals surface area contributed by atoms with Crippen LogP contribution in [0.5, 0.6) is 0 Å². The maximum atomic E-state index is 13.0. The van der Waals surface area contributed by atoms with Gasteiger partial charge in [0.2, 0.25) is 15.9 Å². The minimum atomic E-state index is -3.61. The van der Waals surface area contributed by atoms with Crippen LogP contribution in [0, 0.1) is 11.3 Å². The molecule has 2 aliphatic heterocycles. The number of fused-ring (bicyclic) bond motifs is 1. The van der Waals surface area contributed by atoms with Crippen molar-refractivity contribution < 1.29 is 18.0 Å². The van der Waals surface area contributed by atoms with Crippen LogP contribution < -0.4 is 0 Å². The van der Waals surface area contributed by atoms with E-state index in [0.717, 1.165) is 4.90 Å². The van der Waals surface area contributed by atoms with Gasteiger partial charge in [-0.25, -0.2) is 8.42 Å². The summed E-state index contributed by atoms with van der Waals surface area (Å²) in [6, 6.07) is 17.2. The van der Waals surface area contributed by atoms with Crippen LogP contribution in [0.2, 0.25) is 0 Å². The first-order valence-electron chi connectivity index (χ1n) is 9.93. The maximum Gasteiger partial charge on any atom is 0.260 e. The number of carbonyl (C=O) groups excluding carboxylic acids is 2. The summed E-state index contributed by atoms with van der Waals surface area (Å²) in [6.45, 7) is 0.603.